The topological polar surface area (TPSA) is 50.9 Å². The highest BCUT2D eigenvalue weighted by molar-refractivity contribution is 5.50. The second-order valence-electron chi connectivity index (χ2n) is 5.03. The molecule has 1 heterocycles. The minimum atomic E-state index is 0.736. The number of nitrogen functional groups attached to an aromatic ring is 1. The first kappa shape index (κ1) is 13.4. The number of nitrogens with zero attached hydrogens (tertiary/aromatic N) is 1. The van der Waals surface area contributed by atoms with Crippen molar-refractivity contribution in [3.8, 4) is 0 Å². The van der Waals surface area contributed by atoms with Crippen LogP contribution in [0.5, 0.6) is 0 Å². The zero-order valence-corrected chi connectivity index (χ0v) is 11.8. The molecule has 0 fully saturated rings. The van der Waals surface area contributed by atoms with Gasteiger partial charge in [0.15, 0.2) is 0 Å². The Labute approximate surface area is 114 Å². The first-order valence-electron chi connectivity index (χ1n) is 6.58. The van der Waals surface area contributed by atoms with Crippen molar-refractivity contribution in [1.82, 2.24) is 4.98 Å². The maximum absolute atomic E-state index is 5.75. The van der Waals surface area contributed by atoms with E-state index in [0.29, 0.717) is 0 Å². The monoisotopic (exact) mass is 255 g/mol. The van der Waals surface area contributed by atoms with Gasteiger partial charge in [0.05, 0.1) is 11.9 Å². The first-order chi connectivity index (χ1) is 9.06. The zero-order valence-electron chi connectivity index (χ0n) is 11.8. The Morgan fingerprint density at radius 3 is 2.58 bits per heavy atom. The fourth-order valence-electron chi connectivity index (χ4n) is 2.11. The van der Waals surface area contributed by atoms with Crippen molar-refractivity contribution < 1.29 is 0 Å². The third kappa shape index (κ3) is 3.47. The van der Waals surface area contributed by atoms with Gasteiger partial charge in [-0.15, -0.1) is 0 Å². The van der Waals surface area contributed by atoms with Gasteiger partial charge in [0, 0.05) is 6.54 Å². The van der Waals surface area contributed by atoms with Crippen LogP contribution in [-0.4, -0.2) is 11.5 Å². The quantitative estimate of drug-likeness (QED) is 0.881. The summed E-state index contributed by atoms with van der Waals surface area (Å²) in [4.78, 5) is 4.27. The Morgan fingerprint density at radius 2 is 1.89 bits per heavy atom. The highest BCUT2D eigenvalue weighted by Crippen LogP contribution is 2.14. The first-order valence-corrected chi connectivity index (χ1v) is 6.58. The largest absolute Gasteiger partial charge is 0.397 e. The molecule has 2 rings (SSSR count). The molecule has 0 bridgehead atoms. The molecule has 0 saturated heterocycles. The third-order valence-electron chi connectivity index (χ3n) is 3.35. The number of nitrogens with one attached hydrogen (secondary N) is 1. The Hall–Kier alpha value is -2.03. The van der Waals surface area contributed by atoms with Gasteiger partial charge in [0.2, 0.25) is 0 Å². The molecule has 2 aromatic rings. The van der Waals surface area contributed by atoms with Crippen molar-refractivity contribution >= 4 is 11.5 Å². The lowest BCUT2D eigenvalue weighted by molar-refractivity contribution is 0.991. The van der Waals surface area contributed by atoms with Gasteiger partial charge in [-0.25, -0.2) is 4.98 Å². The van der Waals surface area contributed by atoms with Crippen molar-refractivity contribution in [3.63, 3.8) is 0 Å². The summed E-state index contributed by atoms with van der Waals surface area (Å²) in [5, 5.41) is 3.34. The summed E-state index contributed by atoms with van der Waals surface area (Å²) >= 11 is 0. The molecule has 0 radical (unpaired) electrons. The summed E-state index contributed by atoms with van der Waals surface area (Å²) in [5.74, 6) is 0.886. The van der Waals surface area contributed by atoms with E-state index in [1.807, 2.05) is 13.0 Å². The lowest BCUT2D eigenvalue weighted by Gasteiger charge is -2.09. The number of rotatable bonds is 4. The lowest BCUT2D eigenvalue weighted by atomic mass is 10.0. The van der Waals surface area contributed by atoms with Gasteiger partial charge in [-0.05, 0) is 49.9 Å². The maximum atomic E-state index is 5.75. The smallest absolute Gasteiger partial charge is 0.126 e. The fraction of sp³-hybridized carbons (Fsp3) is 0.312. The molecular weight excluding hydrogens is 234 g/mol. The van der Waals surface area contributed by atoms with E-state index in [4.69, 9.17) is 5.73 Å². The molecule has 3 N–H and O–H groups in total. The molecule has 0 aliphatic carbocycles. The Bertz CT molecular complexity index is 576. The lowest BCUT2D eigenvalue weighted by Crippen LogP contribution is -2.08. The number of nitrogens with two attached hydrogens (primary N) is 1. The van der Waals surface area contributed by atoms with Gasteiger partial charge in [-0.2, -0.15) is 0 Å². The standard InChI is InChI=1S/C16H21N3/c1-11-4-5-14(12(2)8-11)6-7-18-16-9-13(3)15(17)10-19-16/h4-5,8-10H,6-7,17H2,1-3H3,(H,18,19). The van der Waals surface area contributed by atoms with Gasteiger partial charge < -0.3 is 11.1 Å². The number of pyridine rings is 1. The second-order valence-corrected chi connectivity index (χ2v) is 5.03. The highest BCUT2D eigenvalue weighted by atomic mass is 15.0. The summed E-state index contributed by atoms with van der Waals surface area (Å²) in [5.41, 5.74) is 11.6. The van der Waals surface area contributed by atoms with Crippen LogP contribution in [0, 0.1) is 20.8 Å². The molecule has 0 unspecified atom stereocenters. The van der Waals surface area contributed by atoms with Crippen LogP contribution in [-0.2, 0) is 6.42 Å². The predicted molar refractivity (Wildman–Crippen MR) is 81.5 cm³/mol. The van der Waals surface area contributed by atoms with E-state index in [1.165, 1.54) is 16.7 Å². The van der Waals surface area contributed by atoms with Gasteiger partial charge in [-0.1, -0.05) is 23.8 Å². The van der Waals surface area contributed by atoms with E-state index < -0.39 is 0 Å². The van der Waals surface area contributed by atoms with E-state index in [2.05, 4.69) is 42.3 Å². The molecular formula is C16H21N3. The fourth-order valence-corrected chi connectivity index (χ4v) is 2.11. The van der Waals surface area contributed by atoms with Crippen LogP contribution in [0.1, 0.15) is 22.3 Å². The van der Waals surface area contributed by atoms with Crippen LogP contribution in [0.2, 0.25) is 0 Å². The predicted octanol–water partition coefficient (Wildman–Crippen LogP) is 3.24. The molecule has 3 nitrogen and oxygen atoms in total. The van der Waals surface area contributed by atoms with Crippen molar-refractivity contribution in [2.75, 3.05) is 17.6 Å². The summed E-state index contributed by atoms with van der Waals surface area (Å²) in [7, 11) is 0. The number of anilines is 2. The molecule has 0 amide bonds. The SMILES string of the molecule is Cc1ccc(CCNc2cc(C)c(N)cn2)c(C)c1. The van der Waals surface area contributed by atoms with Crippen molar-refractivity contribution in [1.29, 1.82) is 0 Å². The Morgan fingerprint density at radius 1 is 1.11 bits per heavy atom. The second kappa shape index (κ2) is 5.74. The van der Waals surface area contributed by atoms with E-state index in [0.717, 1.165) is 30.0 Å². The number of hydrogen-bond acceptors (Lipinski definition) is 3. The molecule has 1 aromatic carbocycles. The summed E-state index contributed by atoms with van der Waals surface area (Å²) < 4.78 is 0. The molecule has 0 aliphatic heterocycles. The molecule has 0 saturated carbocycles. The average molecular weight is 255 g/mol. The van der Waals surface area contributed by atoms with E-state index in [9.17, 15) is 0 Å². The number of benzene rings is 1. The van der Waals surface area contributed by atoms with Crippen molar-refractivity contribution in [2.24, 2.45) is 0 Å². The van der Waals surface area contributed by atoms with E-state index >= 15 is 0 Å². The molecule has 0 spiro atoms. The van der Waals surface area contributed by atoms with Gasteiger partial charge >= 0.3 is 0 Å². The third-order valence-corrected chi connectivity index (χ3v) is 3.35. The van der Waals surface area contributed by atoms with Gasteiger partial charge in [0.25, 0.3) is 0 Å². The summed E-state index contributed by atoms with van der Waals surface area (Å²) in [6.45, 7) is 7.15. The zero-order chi connectivity index (χ0) is 13.8. The Balaban J connectivity index is 1.94. The van der Waals surface area contributed by atoms with Crippen molar-refractivity contribution in [3.05, 3.63) is 52.7 Å². The molecule has 1 aromatic heterocycles. The molecule has 100 valence electrons. The summed E-state index contributed by atoms with van der Waals surface area (Å²) in [6, 6.07) is 8.57. The molecule has 19 heavy (non-hydrogen) atoms. The van der Waals surface area contributed by atoms with Crippen molar-refractivity contribution in [2.45, 2.75) is 27.2 Å². The van der Waals surface area contributed by atoms with Crippen LogP contribution in [0.4, 0.5) is 11.5 Å². The Kier molecular flexibility index (Phi) is 4.05. The molecule has 0 aliphatic rings. The maximum Gasteiger partial charge on any atom is 0.126 e. The number of aryl methyl sites for hydroxylation is 3. The van der Waals surface area contributed by atoms with Gasteiger partial charge in [0.1, 0.15) is 5.82 Å². The van der Waals surface area contributed by atoms with Crippen LogP contribution >= 0.6 is 0 Å². The summed E-state index contributed by atoms with van der Waals surface area (Å²) in [6.07, 6.45) is 2.70. The minimum absolute atomic E-state index is 0.736. The van der Waals surface area contributed by atoms with Crippen LogP contribution in [0.25, 0.3) is 0 Å². The van der Waals surface area contributed by atoms with E-state index in [1.54, 1.807) is 6.20 Å². The minimum Gasteiger partial charge on any atom is -0.397 e. The number of hydrogen-bond donors (Lipinski definition) is 2. The van der Waals surface area contributed by atoms with E-state index in [-0.39, 0.29) is 0 Å². The normalized spacial score (nSPS) is 10.5. The highest BCUT2D eigenvalue weighted by Gasteiger charge is 2.00. The molecule has 0 atom stereocenters. The van der Waals surface area contributed by atoms with Crippen LogP contribution in [0.3, 0.4) is 0 Å². The van der Waals surface area contributed by atoms with Crippen LogP contribution < -0.4 is 11.1 Å². The van der Waals surface area contributed by atoms with Crippen LogP contribution in [0.15, 0.2) is 30.5 Å². The average Bonchev–Trinajstić information content (AvgIpc) is 2.36. The van der Waals surface area contributed by atoms with Gasteiger partial charge in [-0.3, -0.25) is 0 Å². The molecule has 3 heteroatoms. The number of aromatic nitrogens is 1.